The van der Waals surface area contributed by atoms with Gasteiger partial charge >= 0.3 is 0 Å². The maximum absolute atomic E-state index is 12.3. The van der Waals surface area contributed by atoms with Gasteiger partial charge in [0.15, 0.2) is 5.78 Å². The van der Waals surface area contributed by atoms with Gasteiger partial charge in [-0.2, -0.15) is 0 Å². The molecule has 0 aliphatic carbocycles. The van der Waals surface area contributed by atoms with Crippen molar-refractivity contribution in [3.05, 3.63) is 70.3 Å². The molecule has 0 saturated heterocycles. The van der Waals surface area contributed by atoms with Gasteiger partial charge in [-0.1, -0.05) is 48.5 Å². The van der Waals surface area contributed by atoms with Crippen LogP contribution in [-0.2, 0) is 6.42 Å². The van der Waals surface area contributed by atoms with E-state index in [2.05, 4.69) is 20.9 Å². The highest BCUT2D eigenvalue weighted by molar-refractivity contribution is 9.10. The number of carbonyl (C=O) groups is 1. The van der Waals surface area contributed by atoms with Crippen LogP contribution in [0, 0.1) is 0 Å². The van der Waals surface area contributed by atoms with Crippen molar-refractivity contribution in [3.8, 4) is 0 Å². The number of halogens is 1. The Labute approximate surface area is 119 Å². The van der Waals surface area contributed by atoms with Crippen LogP contribution in [0.5, 0.6) is 0 Å². The highest BCUT2D eigenvalue weighted by atomic mass is 79.9. The van der Waals surface area contributed by atoms with E-state index >= 15 is 0 Å². The summed E-state index contributed by atoms with van der Waals surface area (Å²) in [7, 11) is 0. The van der Waals surface area contributed by atoms with Gasteiger partial charge in [-0.25, -0.2) is 0 Å². The number of rotatable bonds is 3. The SMILES string of the molecule is O=C(Cc1ccccc1)c1[nH]c2ccccc2c1Br. The lowest BCUT2D eigenvalue weighted by Crippen LogP contribution is -2.04. The van der Waals surface area contributed by atoms with Crippen molar-refractivity contribution in [1.82, 2.24) is 4.98 Å². The first-order valence-corrected chi connectivity index (χ1v) is 6.88. The second-order valence-corrected chi connectivity index (χ2v) is 5.24. The van der Waals surface area contributed by atoms with E-state index < -0.39 is 0 Å². The number of aromatic amines is 1. The largest absolute Gasteiger partial charge is 0.351 e. The third-order valence-electron chi connectivity index (χ3n) is 3.13. The number of H-pyrrole nitrogens is 1. The minimum Gasteiger partial charge on any atom is -0.351 e. The Morgan fingerprint density at radius 2 is 1.68 bits per heavy atom. The predicted octanol–water partition coefficient (Wildman–Crippen LogP) is 4.36. The molecule has 0 aliphatic rings. The number of hydrogen-bond acceptors (Lipinski definition) is 1. The van der Waals surface area contributed by atoms with Crippen LogP contribution in [0.2, 0.25) is 0 Å². The first-order valence-electron chi connectivity index (χ1n) is 6.09. The predicted molar refractivity (Wildman–Crippen MR) is 80.5 cm³/mol. The van der Waals surface area contributed by atoms with E-state index in [9.17, 15) is 4.79 Å². The third kappa shape index (κ3) is 2.34. The average Bonchev–Trinajstić information content (AvgIpc) is 2.78. The monoisotopic (exact) mass is 313 g/mol. The van der Waals surface area contributed by atoms with Crippen molar-refractivity contribution in [1.29, 1.82) is 0 Å². The number of fused-ring (bicyclic) bond motifs is 1. The molecule has 0 atom stereocenters. The number of aromatic nitrogens is 1. The Kier molecular flexibility index (Phi) is 3.22. The molecule has 0 bridgehead atoms. The molecule has 19 heavy (non-hydrogen) atoms. The zero-order chi connectivity index (χ0) is 13.2. The van der Waals surface area contributed by atoms with Crippen molar-refractivity contribution in [2.75, 3.05) is 0 Å². The van der Waals surface area contributed by atoms with Gasteiger partial charge in [0, 0.05) is 17.3 Å². The maximum atomic E-state index is 12.3. The lowest BCUT2D eigenvalue weighted by molar-refractivity contribution is 0.0988. The summed E-state index contributed by atoms with van der Waals surface area (Å²) in [6.07, 6.45) is 0.409. The first kappa shape index (κ1) is 12.2. The second kappa shape index (κ2) is 5.02. The van der Waals surface area contributed by atoms with E-state index in [1.54, 1.807) is 0 Å². The molecule has 1 heterocycles. The second-order valence-electron chi connectivity index (χ2n) is 4.45. The van der Waals surface area contributed by atoms with Crippen molar-refractivity contribution < 1.29 is 4.79 Å². The molecule has 0 amide bonds. The normalized spacial score (nSPS) is 10.8. The molecule has 1 N–H and O–H groups in total. The first-order chi connectivity index (χ1) is 9.25. The minimum absolute atomic E-state index is 0.0919. The standard InChI is InChI=1S/C16H12BrNO/c17-15-12-8-4-5-9-13(12)18-16(15)14(19)10-11-6-2-1-3-7-11/h1-9,18H,10H2. The topological polar surface area (TPSA) is 32.9 Å². The number of Topliss-reactive ketones (excluding diaryl/α,β-unsaturated/α-hetero) is 1. The van der Waals surface area contributed by atoms with E-state index in [0.29, 0.717) is 12.1 Å². The van der Waals surface area contributed by atoms with E-state index in [-0.39, 0.29) is 5.78 Å². The van der Waals surface area contributed by atoms with Gasteiger partial charge in [-0.05, 0) is 27.6 Å². The summed E-state index contributed by atoms with van der Waals surface area (Å²) >= 11 is 3.51. The van der Waals surface area contributed by atoms with Gasteiger partial charge < -0.3 is 4.98 Å². The molecule has 0 radical (unpaired) electrons. The molecule has 0 fully saturated rings. The molecule has 0 unspecified atom stereocenters. The fourth-order valence-electron chi connectivity index (χ4n) is 2.17. The summed E-state index contributed by atoms with van der Waals surface area (Å²) in [6.45, 7) is 0. The van der Waals surface area contributed by atoms with E-state index in [1.165, 1.54) is 0 Å². The highest BCUT2D eigenvalue weighted by Crippen LogP contribution is 2.28. The Morgan fingerprint density at radius 3 is 2.42 bits per heavy atom. The van der Waals surface area contributed by atoms with Crippen LogP contribution in [0.1, 0.15) is 16.1 Å². The van der Waals surface area contributed by atoms with Gasteiger partial charge in [0.2, 0.25) is 0 Å². The molecular formula is C16H12BrNO. The Hall–Kier alpha value is -1.87. The van der Waals surface area contributed by atoms with Gasteiger partial charge in [-0.3, -0.25) is 4.79 Å². The summed E-state index contributed by atoms with van der Waals surface area (Å²) in [5.74, 6) is 0.0919. The zero-order valence-electron chi connectivity index (χ0n) is 10.2. The van der Waals surface area contributed by atoms with Crippen LogP contribution in [-0.4, -0.2) is 10.8 Å². The van der Waals surface area contributed by atoms with Crippen LogP contribution < -0.4 is 0 Å². The lowest BCUT2D eigenvalue weighted by Gasteiger charge is -2.00. The Morgan fingerprint density at radius 1 is 1.00 bits per heavy atom. The van der Waals surface area contributed by atoms with Gasteiger partial charge in [0.25, 0.3) is 0 Å². The molecule has 0 spiro atoms. The molecule has 3 heteroatoms. The molecule has 3 rings (SSSR count). The molecular weight excluding hydrogens is 302 g/mol. The Balaban J connectivity index is 1.96. The molecule has 2 nitrogen and oxygen atoms in total. The quantitative estimate of drug-likeness (QED) is 0.716. The van der Waals surface area contributed by atoms with Crippen molar-refractivity contribution >= 4 is 32.6 Å². The lowest BCUT2D eigenvalue weighted by atomic mass is 10.1. The van der Waals surface area contributed by atoms with Crippen molar-refractivity contribution in [2.24, 2.45) is 0 Å². The van der Waals surface area contributed by atoms with Gasteiger partial charge in [0.1, 0.15) is 0 Å². The Bertz CT molecular complexity index is 731. The van der Waals surface area contributed by atoms with Crippen LogP contribution in [0.25, 0.3) is 10.9 Å². The molecule has 0 aliphatic heterocycles. The smallest absolute Gasteiger partial charge is 0.184 e. The number of nitrogens with one attached hydrogen (secondary N) is 1. The zero-order valence-corrected chi connectivity index (χ0v) is 11.8. The van der Waals surface area contributed by atoms with E-state index in [4.69, 9.17) is 0 Å². The summed E-state index contributed by atoms with van der Waals surface area (Å²) in [5, 5.41) is 1.04. The van der Waals surface area contributed by atoms with Crippen LogP contribution in [0.4, 0.5) is 0 Å². The fraction of sp³-hybridized carbons (Fsp3) is 0.0625. The molecule has 0 saturated carbocycles. The number of carbonyl (C=O) groups excluding carboxylic acids is 1. The number of hydrogen-bond donors (Lipinski definition) is 1. The molecule has 3 aromatic rings. The van der Waals surface area contributed by atoms with E-state index in [1.807, 2.05) is 54.6 Å². The molecule has 94 valence electrons. The van der Waals surface area contributed by atoms with Gasteiger partial charge in [-0.15, -0.1) is 0 Å². The van der Waals surface area contributed by atoms with Gasteiger partial charge in [0.05, 0.1) is 10.2 Å². The highest BCUT2D eigenvalue weighted by Gasteiger charge is 2.15. The molecule has 1 aromatic heterocycles. The summed E-state index contributed by atoms with van der Waals surface area (Å²) in [5.41, 5.74) is 2.65. The van der Waals surface area contributed by atoms with Crippen LogP contribution >= 0.6 is 15.9 Å². The van der Waals surface area contributed by atoms with E-state index in [0.717, 1.165) is 20.9 Å². The number of ketones is 1. The summed E-state index contributed by atoms with van der Waals surface area (Å²) in [6, 6.07) is 17.7. The minimum atomic E-state index is 0.0919. The third-order valence-corrected chi connectivity index (χ3v) is 3.95. The average molecular weight is 314 g/mol. The van der Waals surface area contributed by atoms with Crippen LogP contribution in [0.15, 0.2) is 59.1 Å². The van der Waals surface area contributed by atoms with Crippen molar-refractivity contribution in [2.45, 2.75) is 6.42 Å². The summed E-state index contributed by atoms with van der Waals surface area (Å²) < 4.78 is 0.851. The number of benzene rings is 2. The van der Waals surface area contributed by atoms with Crippen molar-refractivity contribution in [3.63, 3.8) is 0 Å². The molecule has 2 aromatic carbocycles. The fourth-order valence-corrected chi connectivity index (χ4v) is 2.84. The number of para-hydroxylation sites is 1. The van der Waals surface area contributed by atoms with Crippen LogP contribution in [0.3, 0.4) is 0 Å². The summed E-state index contributed by atoms with van der Waals surface area (Å²) in [4.78, 5) is 15.5. The maximum Gasteiger partial charge on any atom is 0.184 e.